The number of H-pyrrole nitrogens is 1. The molecule has 22 heavy (non-hydrogen) atoms. The number of fused-ring (bicyclic) bond motifs is 4. The van der Waals surface area contributed by atoms with Gasteiger partial charge in [-0.25, -0.2) is 0 Å². The summed E-state index contributed by atoms with van der Waals surface area (Å²) in [6.45, 7) is 6.35. The van der Waals surface area contributed by atoms with Crippen LogP contribution in [0.15, 0.2) is 36.4 Å². The Labute approximate surface area is 129 Å². The molecule has 0 atom stereocenters. The average Bonchev–Trinajstić information content (AvgIpc) is 2.88. The number of phenolic OH excluding ortho intramolecular Hbond substituents is 1. The monoisotopic (exact) mass is 293 g/mol. The van der Waals surface area contributed by atoms with E-state index in [0.29, 0.717) is 5.75 Å². The predicted octanol–water partition coefficient (Wildman–Crippen LogP) is 4.87. The van der Waals surface area contributed by atoms with Crippen molar-refractivity contribution in [2.24, 2.45) is 0 Å². The number of aromatic nitrogens is 1. The minimum Gasteiger partial charge on any atom is -0.508 e. The summed E-state index contributed by atoms with van der Waals surface area (Å²) in [6, 6.07) is 12.0. The van der Waals surface area contributed by atoms with Crippen molar-refractivity contribution in [2.45, 2.75) is 32.6 Å². The van der Waals surface area contributed by atoms with Crippen LogP contribution in [0.1, 0.15) is 37.6 Å². The van der Waals surface area contributed by atoms with E-state index in [1.165, 1.54) is 0 Å². The molecule has 0 unspecified atom stereocenters. The molecule has 0 aliphatic carbocycles. The summed E-state index contributed by atoms with van der Waals surface area (Å²) in [4.78, 5) is 3.49. The molecule has 3 heteroatoms. The van der Waals surface area contributed by atoms with Crippen molar-refractivity contribution in [1.82, 2.24) is 4.98 Å². The Kier molecular flexibility index (Phi) is 2.59. The van der Waals surface area contributed by atoms with Crippen LogP contribution in [0.2, 0.25) is 0 Å². The van der Waals surface area contributed by atoms with Gasteiger partial charge in [0.2, 0.25) is 0 Å². The summed E-state index contributed by atoms with van der Waals surface area (Å²) in [5.41, 5.74) is 3.82. The number of aromatic amines is 1. The van der Waals surface area contributed by atoms with Crippen molar-refractivity contribution >= 4 is 10.9 Å². The van der Waals surface area contributed by atoms with Gasteiger partial charge >= 0.3 is 0 Å². The Hall–Kier alpha value is -2.42. The molecule has 2 N–H and O–H groups in total. The second-order valence-electron chi connectivity index (χ2n) is 6.43. The molecular weight excluding hydrogens is 274 g/mol. The number of aromatic hydroxyl groups is 1. The minimum absolute atomic E-state index is 0.244. The minimum atomic E-state index is -0.244. The molecule has 0 amide bonds. The molecule has 0 fully saturated rings. The highest BCUT2D eigenvalue weighted by molar-refractivity contribution is 5.89. The molecule has 0 spiro atoms. The smallest absolute Gasteiger partial charge is 0.156 e. The number of rotatable bonds is 1. The zero-order chi connectivity index (χ0) is 15.5. The molecule has 2 aromatic carbocycles. The van der Waals surface area contributed by atoms with Crippen molar-refractivity contribution in [2.75, 3.05) is 0 Å². The molecular formula is C19H19NO2. The van der Waals surface area contributed by atoms with Gasteiger partial charge in [-0.2, -0.15) is 0 Å². The molecule has 112 valence electrons. The van der Waals surface area contributed by atoms with Crippen LogP contribution < -0.4 is 4.74 Å². The Morgan fingerprint density at radius 3 is 2.73 bits per heavy atom. The Morgan fingerprint density at radius 2 is 1.95 bits per heavy atom. The zero-order valence-electron chi connectivity index (χ0n) is 13.0. The fourth-order valence-corrected chi connectivity index (χ4v) is 3.37. The zero-order valence-corrected chi connectivity index (χ0v) is 13.0. The van der Waals surface area contributed by atoms with Gasteiger partial charge < -0.3 is 14.8 Å². The molecule has 2 heterocycles. The van der Waals surface area contributed by atoms with Crippen LogP contribution in [-0.2, 0) is 11.8 Å². The van der Waals surface area contributed by atoms with Gasteiger partial charge in [0.05, 0.1) is 5.69 Å². The highest BCUT2D eigenvalue weighted by atomic mass is 16.5. The topological polar surface area (TPSA) is 45.2 Å². The maximum absolute atomic E-state index is 10.2. The maximum atomic E-state index is 10.2. The van der Waals surface area contributed by atoms with Gasteiger partial charge in [-0.15, -0.1) is 0 Å². The van der Waals surface area contributed by atoms with Gasteiger partial charge in [-0.05, 0) is 50.1 Å². The predicted molar refractivity (Wildman–Crippen MR) is 88.0 cm³/mol. The summed E-state index contributed by atoms with van der Waals surface area (Å²) in [6.07, 6.45) is 0.781. The fourth-order valence-electron chi connectivity index (χ4n) is 3.37. The third kappa shape index (κ3) is 1.62. The fraction of sp³-hybridized carbons (Fsp3) is 0.263. The number of benzene rings is 2. The SMILES string of the molecule is CCc1cc2c(cc1O)C(C)(C)c1[nH]c3ccccc3c1O2. The molecule has 0 saturated carbocycles. The summed E-state index contributed by atoms with van der Waals surface area (Å²) in [7, 11) is 0. The Bertz CT molecular complexity index is 890. The first-order chi connectivity index (χ1) is 10.5. The highest BCUT2D eigenvalue weighted by Crippen LogP contribution is 2.51. The van der Waals surface area contributed by atoms with Crippen molar-refractivity contribution in [1.29, 1.82) is 0 Å². The van der Waals surface area contributed by atoms with Gasteiger partial charge in [0.1, 0.15) is 11.5 Å². The lowest BCUT2D eigenvalue weighted by Gasteiger charge is -2.32. The van der Waals surface area contributed by atoms with Crippen molar-refractivity contribution < 1.29 is 9.84 Å². The van der Waals surface area contributed by atoms with Crippen LogP contribution in [0.4, 0.5) is 0 Å². The lowest BCUT2D eigenvalue weighted by Crippen LogP contribution is -2.24. The molecule has 3 aromatic rings. The highest BCUT2D eigenvalue weighted by Gasteiger charge is 2.37. The third-order valence-corrected chi connectivity index (χ3v) is 4.73. The van der Waals surface area contributed by atoms with E-state index in [2.05, 4.69) is 31.0 Å². The van der Waals surface area contributed by atoms with Gasteiger partial charge in [0.25, 0.3) is 0 Å². The van der Waals surface area contributed by atoms with Crippen LogP contribution in [0.5, 0.6) is 17.2 Å². The summed E-state index contributed by atoms with van der Waals surface area (Å²) < 4.78 is 6.22. The largest absolute Gasteiger partial charge is 0.508 e. The first-order valence-corrected chi connectivity index (χ1v) is 7.67. The van der Waals surface area contributed by atoms with Crippen LogP contribution >= 0.6 is 0 Å². The summed E-state index contributed by atoms with van der Waals surface area (Å²) in [5.74, 6) is 2.09. The Morgan fingerprint density at radius 1 is 1.18 bits per heavy atom. The Balaban J connectivity index is 2.02. The maximum Gasteiger partial charge on any atom is 0.156 e. The molecule has 0 radical (unpaired) electrons. The normalized spacial score (nSPS) is 15.2. The van der Waals surface area contributed by atoms with Crippen LogP contribution in [0, 0.1) is 0 Å². The summed E-state index contributed by atoms with van der Waals surface area (Å²) >= 11 is 0. The molecule has 0 saturated heterocycles. The molecule has 0 bridgehead atoms. The number of ether oxygens (including phenoxy) is 1. The van der Waals surface area contributed by atoms with Crippen molar-refractivity contribution in [3.05, 3.63) is 53.2 Å². The van der Waals surface area contributed by atoms with Crippen LogP contribution in [0.3, 0.4) is 0 Å². The van der Waals surface area contributed by atoms with Crippen LogP contribution in [0.25, 0.3) is 10.9 Å². The van der Waals surface area contributed by atoms with E-state index in [1.807, 2.05) is 31.2 Å². The third-order valence-electron chi connectivity index (χ3n) is 4.73. The van der Waals surface area contributed by atoms with Crippen LogP contribution in [-0.4, -0.2) is 10.1 Å². The van der Waals surface area contributed by atoms with E-state index in [-0.39, 0.29) is 5.41 Å². The number of hydrogen-bond acceptors (Lipinski definition) is 2. The number of aryl methyl sites for hydroxylation is 1. The number of para-hydroxylation sites is 1. The van der Waals surface area contributed by atoms with E-state index in [1.54, 1.807) is 0 Å². The number of nitrogens with one attached hydrogen (secondary N) is 1. The van der Waals surface area contributed by atoms with Crippen molar-refractivity contribution in [3.63, 3.8) is 0 Å². The van der Waals surface area contributed by atoms with Gasteiger partial charge in [0, 0.05) is 21.9 Å². The number of hydrogen-bond donors (Lipinski definition) is 2. The second-order valence-corrected chi connectivity index (χ2v) is 6.43. The first-order valence-electron chi connectivity index (χ1n) is 7.67. The van der Waals surface area contributed by atoms with Gasteiger partial charge in [-0.3, -0.25) is 0 Å². The molecule has 4 rings (SSSR count). The van der Waals surface area contributed by atoms with E-state index >= 15 is 0 Å². The standard InChI is InChI=1S/C19H19NO2/c1-4-11-9-16-13(10-15(11)21)19(2,3)18-17(22-16)12-7-5-6-8-14(12)20-18/h5-10,20-21H,4H2,1-3H3. The first kappa shape index (κ1) is 13.3. The lowest BCUT2D eigenvalue weighted by molar-refractivity contribution is 0.410. The quantitative estimate of drug-likeness (QED) is 0.672. The molecule has 3 nitrogen and oxygen atoms in total. The molecule has 1 aromatic heterocycles. The van der Waals surface area contributed by atoms with E-state index < -0.39 is 0 Å². The van der Waals surface area contributed by atoms with E-state index in [4.69, 9.17) is 4.74 Å². The number of phenols is 1. The van der Waals surface area contributed by atoms with E-state index in [0.717, 1.165) is 45.6 Å². The van der Waals surface area contributed by atoms with Gasteiger partial charge in [-0.1, -0.05) is 19.1 Å². The lowest BCUT2D eigenvalue weighted by atomic mass is 9.78. The van der Waals surface area contributed by atoms with Gasteiger partial charge in [0.15, 0.2) is 5.75 Å². The van der Waals surface area contributed by atoms with Crippen molar-refractivity contribution in [3.8, 4) is 17.2 Å². The molecule has 1 aliphatic heterocycles. The van der Waals surface area contributed by atoms with E-state index in [9.17, 15) is 5.11 Å². The second kappa shape index (κ2) is 4.29. The average molecular weight is 293 g/mol. The molecule has 1 aliphatic rings. The summed E-state index contributed by atoms with van der Waals surface area (Å²) in [5, 5.41) is 11.3.